The van der Waals surface area contributed by atoms with Gasteiger partial charge in [0, 0.05) is 50.0 Å². The van der Waals surface area contributed by atoms with Gasteiger partial charge in [-0.2, -0.15) is 0 Å². The van der Waals surface area contributed by atoms with E-state index in [0.29, 0.717) is 25.3 Å². The highest BCUT2D eigenvalue weighted by atomic mass is 28.4. The molecule has 0 aliphatic carbocycles. The first kappa shape index (κ1) is 24.1. The van der Waals surface area contributed by atoms with E-state index in [1.807, 2.05) is 36.3 Å². The molecule has 9 heteroatoms. The standard InChI is InChI=1S/C24H36N4O4Si/c1-17-21(9-6-18-4-7-20(8-5-18)28-14-11-23(28)30)32-22(24(17)33(2,3)31)10-13-27-16-19(12-15-29)25-26-27/h4-5,7-8,16-17,21-22,24,29,31H,6,9-15H2,1-3H3/t17-,21+,22-,24+/m0/s1. The van der Waals surface area contributed by atoms with Crippen LogP contribution < -0.4 is 4.90 Å². The van der Waals surface area contributed by atoms with Crippen molar-refractivity contribution in [2.24, 2.45) is 5.92 Å². The zero-order chi connectivity index (χ0) is 23.6. The molecule has 2 N–H and O–H groups in total. The molecule has 0 bridgehead atoms. The number of ether oxygens (including phenoxy) is 1. The van der Waals surface area contributed by atoms with Crippen LogP contribution in [0.4, 0.5) is 5.69 Å². The zero-order valence-electron chi connectivity index (χ0n) is 19.9. The molecule has 0 spiro atoms. The van der Waals surface area contributed by atoms with Gasteiger partial charge in [0.2, 0.25) is 5.91 Å². The zero-order valence-corrected chi connectivity index (χ0v) is 20.9. The number of aromatic nitrogens is 3. The van der Waals surface area contributed by atoms with Gasteiger partial charge >= 0.3 is 0 Å². The number of aryl methyl sites for hydroxylation is 2. The molecular formula is C24H36N4O4Si. The van der Waals surface area contributed by atoms with Crippen LogP contribution in [0.15, 0.2) is 30.5 Å². The van der Waals surface area contributed by atoms with Crippen molar-refractivity contribution in [3.63, 3.8) is 0 Å². The summed E-state index contributed by atoms with van der Waals surface area (Å²) in [7, 11) is -2.41. The molecule has 1 aromatic carbocycles. The molecule has 180 valence electrons. The van der Waals surface area contributed by atoms with Crippen LogP contribution in [0.25, 0.3) is 0 Å². The maximum atomic E-state index is 11.6. The van der Waals surface area contributed by atoms with Crippen molar-refractivity contribution in [1.29, 1.82) is 0 Å². The second kappa shape index (κ2) is 10.0. The van der Waals surface area contributed by atoms with E-state index in [4.69, 9.17) is 9.84 Å². The highest BCUT2D eigenvalue weighted by Gasteiger charge is 2.49. The second-order valence-corrected chi connectivity index (χ2v) is 14.0. The van der Waals surface area contributed by atoms with Crippen molar-refractivity contribution in [2.45, 2.75) is 76.4 Å². The van der Waals surface area contributed by atoms with Crippen LogP contribution in [0.5, 0.6) is 0 Å². The topological polar surface area (TPSA) is 101 Å². The molecule has 2 aliphatic rings. The lowest BCUT2D eigenvalue weighted by molar-refractivity contribution is -0.122. The number of amides is 1. The molecule has 4 rings (SSSR count). The predicted octanol–water partition coefficient (Wildman–Crippen LogP) is 2.54. The lowest BCUT2D eigenvalue weighted by Crippen LogP contribution is -2.43. The Labute approximate surface area is 196 Å². The first-order valence-electron chi connectivity index (χ1n) is 12.0. The van der Waals surface area contributed by atoms with Crippen LogP contribution in [0.2, 0.25) is 18.6 Å². The molecule has 2 fully saturated rings. The van der Waals surface area contributed by atoms with Gasteiger partial charge in [-0.25, -0.2) is 0 Å². The average molecular weight is 473 g/mol. The first-order valence-corrected chi connectivity index (χ1v) is 15.1. The Hall–Kier alpha value is -2.07. The van der Waals surface area contributed by atoms with Crippen molar-refractivity contribution in [2.75, 3.05) is 18.1 Å². The highest BCUT2D eigenvalue weighted by molar-refractivity contribution is 6.71. The number of carbonyl (C=O) groups is 1. The van der Waals surface area contributed by atoms with Crippen molar-refractivity contribution >= 4 is 19.9 Å². The van der Waals surface area contributed by atoms with Gasteiger partial charge in [0.1, 0.15) is 0 Å². The molecule has 33 heavy (non-hydrogen) atoms. The molecule has 1 aromatic heterocycles. The van der Waals surface area contributed by atoms with E-state index < -0.39 is 8.32 Å². The molecular weight excluding hydrogens is 436 g/mol. The van der Waals surface area contributed by atoms with Gasteiger partial charge in [0.05, 0.1) is 17.9 Å². The fourth-order valence-electron chi connectivity index (χ4n) is 5.36. The second-order valence-electron chi connectivity index (χ2n) is 9.99. The fourth-order valence-corrected chi connectivity index (χ4v) is 8.01. The third-order valence-corrected chi connectivity index (χ3v) is 9.66. The number of carbonyl (C=O) groups excluding carboxylic acids is 1. The van der Waals surface area contributed by atoms with E-state index in [2.05, 4.69) is 29.4 Å². The van der Waals surface area contributed by atoms with Crippen LogP contribution in [-0.4, -0.2) is 64.5 Å². The van der Waals surface area contributed by atoms with Gasteiger partial charge in [-0.05, 0) is 56.0 Å². The number of hydrogen-bond donors (Lipinski definition) is 2. The smallest absolute Gasteiger partial charge is 0.228 e. The van der Waals surface area contributed by atoms with Crippen molar-refractivity contribution in [3.05, 3.63) is 41.7 Å². The van der Waals surface area contributed by atoms with Crippen molar-refractivity contribution in [3.8, 4) is 0 Å². The molecule has 4 atom stereocenters. The van der Waals surface area contributed by atoms with E-state index >= 15 is 0 Å². The Morgan fingerprint density at radius 3 is 2.52 bits per heavy atom. The number of hydrogen-bond acceptors (Lipinski definition) is 6. The Morgan fingerprint density at radius 1 is 1.15 bits per heavy atom. The Kier molecular flexibility index (Phi) is 7.33. The number of aliphatic hydroxyl groups excluding tert-OH is 1. The summed E-state index contributed by atoms with van der Waals surface area (Å²) in [6.07, 6.45) is 5.73. The van der Waals surface area contributed by atoms with E-state index in [1.165, 1.54) is 5.56 Å². The lowest BCUT2D eigenvalue weighted by Gasteiger charge is -2.30. The van der Waals surface area contributed by atoms with Crippen LogP contribution in [0.3, 0.4) is 0 Å². The largest absolute Gasteiger partial charge is 0.432 e. The Morgan fingerprint density at radius 2 is 1.91 bits per heavy atom. The minimum atomic E-state index is -2.41. The lowest BCUT2D eigenvalue weighted by atomic mass is 9.95. The van der Waals surface area contributed by atoms with E-state index in [9.17, 15) is 9.59 Å². The average Bonchev–Trinajstić information content (AvgIpc) is 3.34. The van der Waals surface area contributed by atoms with Crippen molar-refractivity contribution in [1.82, 2.24) is 15.0 Å². The summed E-state index contributed by atoms with van der Waals surface area (Å²) in [5.74, 6) is 0.486. The molecule has 0 radical (unpaired) electrons. The molecule has 3 heterocycles. The van der Waals surface area contributed by atoms with Gasteiger partial charge in [-0.3, -0.25) is 9.48 Å². The number of rotatable bonds is 10. The number of aliphatic hydroxyl groups is 1. The summed E-state index contributed by atoms with van der Waals surface area (Å²) in [6.45, 7) is 7.80. The summed E-state index contributed by atoms with van der Waals surface area (Å²) < 4.78 is 8.34. The number of nitrogens with zero attached hydrogens (tertiary/aromatic N) is 4. The van der Waals surface area contributed by atoms with Crippen LogP contribution >= 0.6 is 0 Å². The Balaban J connectivity index is 1.35. The van der Waals surface area contributed by atoms with Gasteiger partial charge in [-0.1, -0.05) is 24.3 Å². The van der Waals surface area contributed by atoms with E-state index in [0.717, 1.165) is 37.2 Å². The first-order chi connectivity index (χ1) is 15.8. The maximum Gasteiger partial charge on any atom is 0.228 e. The maximum absolute atomic E-state index is 11.6. The monoisotopic (exact) mass is 472 g/mol. The number of anilines is 1. The molecule has 2 saturated heterocycles. The summed E-state index contributed by atoms with van der Waals surface area (Å²) in [4.78, 5) is 24.5. The molecule has 0 saturated carbocycles. The van der Waals surface area contributed by atoms with Gasteiger partial charge in [-0.15, -0.1) is 5.10 Å². The number of benzene rings is 1. The third kappa shape index (κ3) is 5.54. The molecule has 1 amide bonds. The summed E-state index contributed by atoms with van der Waals surface area (Å²) in [6, 6.07) is 8.28. The summed E-state index contributed by atoms with van der Waals surface area (Å²) in [5.41, 5.74) is 3.17. The van der Waals surface area contributed by atoms with Crippen LogP contribution in [0.1, 0.15) is 37.4 Å². The molecule has 2 aliphatic heterocycles. The van der Waals surface area contributed by atoms with E-state index in [1.54, 1.807) is 4.68 Å². The third-order valence-electron chi connectivity index (χ3n) is 7.13. The minimum Gasteiger partial charge on any atom is -0.432 e. The van der Waals surface area contributed by atoms with Gasteiger partial charge in [0.15, 0.2) is 8.32 Å². The van der Waals surface area contributed by atoms with Crippen LogP contribution in [0, 0.1) is 5.92 Å². The quantitative estimate of drug-likeness (QED) is 0.407. The summed E-state index contributed by atoms with van der Waals surface area (Å²) in [5, 5.41) is 17.3. The number of β-lactam (4-membered cyclic amide) rings is 1. The van der Waals surface area contributed by atoms with Crippen molar-refractivity contribution < 1.29 is 19.4 Å². The van der Waals surface area contributed by atoms with Gasteiger partial charge < -0.3 is 19.5 Å². The molecule has 8 nitrogen and oxygen atoms in total. The molecule has 0 unspecified atom stereocenters. The highest BCUT2D eigenvalue weighted by Crippen LogP contribution is 2.45. The fraction of sp³-hybridized carbons (Fsp3) is 0.625. The van der Waals surface area contributed by atoms with Gasteiger partial charge in [0.25, 0.3) is 0 Å². The summed E-state index contributed by atoms with van der Waals surface area (Å²) >= 11 is 0. The Bertz CT molecular complexity index is 943. The normalized spacial score (nSPS) is 25.5. The molecule has 2 aromatic rings. The predicted molar refractivity (Wildman–Crippen MR) is 128 cm³/mol. The van der Waals surface area contributed by atoms with Crippen LogP contribution in [-0.2, 0) is 28.9 Å². The van der Waals surface area contributed by atoms with E-state index in [-0.39, 0.29) is 30.3 Å². The SMILES string of the molecule is C[C@@H]1[C@@H]([Si](C)(C)O)[C@H](CCn2cc(CCO)nn2)O[C@@H]1CCc1ccc(N2CCC2=O)cc1. The minimum absolute atomic E-state index is 0.00182.